The number of hydrogen-bond donors (Lipinski definition) is 1. The van der Waals surface area contributed by atoms with Crippen molar-refractivity contribution >= 4 is 11.3 Å². The van der Waals surface area contributed by atoms with Crippen molar-refractivity contribution in [2.45, 2.75) is 32.1 Å². The van der Waals surface area contributed by atoms with Gasteiger partial charge in [0.15, 0.2) is 11.5 Å². The van der Waals surface area contributed by atoms with Crippen molar-refractivity contribution in [2.24, 2.45) is 0 Å². The number of likely N-dealkylation sites (tertiary alicyclic amines) is 1. The summed E-state index contributed by atoms with van der Waals surface area (Å²) >= 11 is 0. The van der Waals surface area contributed by atoms with E-state index in [0.29, 0.717) is 0 Å². The zero-order chi connectivity index (χ0) is 21.0. The standard InChI is InChI=1S/C26H29N5/c27-23-14-12-22(13-15-23)24-6-3-7-26-28-25(29-31(24)26)19-21-10-8-20(9-11-21)5-4-18-30-16-1-2-17-30/h3,6-15H,1-2,4-5,16-19,27H2. The maximum atomic E-state index is 5.84. The summed E-state index contributed by atoms with van der Waals surface area (Å²) in [6.45, 7) is 3.79. The monoisotopic (exact) mass is 411 g/mol. The van der Waals surface area contributed by atoms with Gasteiger partial charge in [0, 0.05) is 17.7 Å². The maximum Gasteiger partial charge on any atom is 0.156 e. The van der Waals surface area contributed by atoms with Crippen LogP contribution >= 0.6 is 0 Å². The van der Waals surface area contributed by atoms with Gasteiger partial charge in [0.2, 0.25) is 0 Å². The summed E-state index contributed by atoms with van der Waals surface area (Å²) in [7, 11) is 0. The van der Waals surface area contributed by atoms with Gasteiger partial charge in [-0.15, -0.1) is 0 Å². The highest BCUT2D eigenvalue weighted by Crippen LogP contribution is 2.22. The third kappa shape index (κ3) is 4.62. The van der Waals surface area contributed by atoms with Gasteiger partial charge in [0.25, 0.3) is 0 Å². The van der Waals surface area contributed by atoms with E-state index in [1.54, 1.807) is 0 Å². The first-order valence-corrected chi connectivity index (χ1v) is 11.3. The molecule has 2 aromatic heterocycles. The SMILES string of the molecule is Nc1ccc(-c2cccc3nc(Cc4ccc(CCCN5CCCC5)cc4)nn23)cc1. The zero-order valence-electron chi connectivity index (χ0n) is 17.9. The Kier molecular flexibility index (Phi) is 5.67. The second-order valence-electron chi connectivity index (χ2n) is 8.48. The highest BCUT2D eigenvalue weighted by atomic mass is 15.3. The summed E-state index contributed by atoms with van der Waals surface area (Å²) in [5.41, 5.74) is 12.2. The summed E-state index contributed by atoms with van der Waals surface area (Å²) in [6, 6.07) is 22.9. The number of aromatic nitrogens is 3. The first-order chi connectivity index (χ1) is 15.2. The molecule has 158 valence electrons. The van der Waals surface area contributed by atoms with E-state index in [1.165, 1.54) is 50.0 Å². The van der Waals surface area contributed by atoms with E-state index in [9.17, 15) is 0 Å². The van der Waals surface area contributed by atoms with Crippen LogP contribution in [0.2, 0.25) is 0 Å². The first kappa shape index (κ1) is 19.8. The van der Waals surface area contributed by atoms with Gasteiger partial charge in [-0.2, -0.15) is 5.10 Å². The Hall–Kier alpha value is -3.18. The van der Waals surface area contributed by atoms with Crippen LogP contribution < -0.4 is 5.73 Å². The van der Waals surface area contributed by atoms with E-state index in [4.69, 9.17) is 15.8 Å². The summed E-state index contributed by atoms with van der Waals surface area (Å²) in [6.07, 6.45) is 5.85. The van der Waals surface area contributed by atoms with Crippen molar-refractivity contribution in [1.29, 1.82) is 0 Å². The van der Waals surface area contributed by atoms with Crippen molar-refractivity contribution in [3.8, 4) is 11.3 Å². The largest absolute Gasteiger partial charge is 0.399 e. The number of nitrogens with two attached hydrogens (primary N) is 1. The molecule has 3 heterocycles. The summed E-state index contributed by atoms with van der Waals surface area (Å²) in [5, 5.41) is 4.79. The predicted molar refractivity (Wildman–Crippen MR) is 126 cm³/mol. The lowest BCUT2D eigenvalue weighted by molar-refractivity contribution is 0.334. The molecule has 5 nitrogen and oxygen atoms in total. The average Bonchev–Trinajstić information content (AvgIpc) is 3.45. The molecule has 0 radical (unpaired) electrons. The van der Waals surface area contributed by atoms with E-state index in [1.807, 2.05) is 40.9 Å². The van der Waals surface area contributed by atoms with Crippen LogP contribution in [0.25, 0.3) is 16.9 Å². The Balaban J connectivity index is 1.27. The molecular weight excluding hydrogens is 382 g/mol. The molecule has 5 rings (SSSR count). The van der Waals surface area contributed by atoms with Gasteiger partial charge in [-0.25, -0.2) is 9.50 Å². The maximum absolute atomic E-state index is 5.84. The lowest BCUT2D eigenvalue weighted by Gasteiger charge is -2.13. The van der Waals surface area contributed by atoms with Crippen LogP contribution in [0.1, 0.15) is 36.2 Å². The lowest BCUT2D eigenvalue weighted by atomic mass is 10.1. The Morgan fingerprint density at radius 3 is 2.35 bits per heavy atom. The van der Waals surface area contributed by atoms with Gasteiger partial charge in [-0.05, 0) is 80.7 Å². The third-order valence-corrected chi connectivity index (χ3v) is 6.13. The fourth-order valence-electron chi connectivity index (χ4n) is 4.42. The smallest absolute Gasteiger partial charge is 0.156 e. The molecule has 0 amide bonds. The fraction of sp³-hybridized carbons (Fsp3) is 0.308. The number of rotatable bonds is 7. The van der Waals surface area contributed by atoms with E-state index in [0.717, 1.165) is 41.3 Å². The number of pyridine rings is 1. The molecular formula is C26H29N5. The number of anilines is 1. The van der Waals surface area contributed by atoms with Gasteiger partial charge in [-0.3, -0.25) is 0 Å². The Labute approximate surface area is 183 Å². The molecule has 4 aromatic rings. The van der Waals surface area contributed by atoms with Gasteiger partial charge < -0.3 is 10.6 Å². The molecule has 2 N–H and O–H groups in total. The van der Waals surface area contributed by atoms with Crippen molar-refractivity contribution in [1.82, 2.24) is 19.5 Å². The quantitative estimate of drug-likeness (QED) is 0.452. The van der Waals surface area contributed by atoms with Crippen molar-refractivity contribution in [3.05, 3.63) is 83.7 Å². The Bertz CT molecular complexity index is 1140. The van der Waals surface area contributed by atoms with E-state index < -0.39 is 0 Å². The molecule has 1 aliphatic rings. The Morgan fingerprint density at radius 2 is 1.58 bits per heavy atom. The molecule has 2 aromatic carbocycles. The van der Waals surface area contributed by atoms with Gasteiger partial charge in [0.05, 0.1) is 5.69 Å². The van der Waals surface area contributed by atoms with Crippen LogP contribution in [0.4, 0.5) is 5.69 Å². The number of nitrogen functional groups attached to an aromatic ring is 1. The molecule has 0 unspecified atom stereocenters. The highest BCUT2D eigenvalue weighted by molar-refractivity contribution is 5.64. The molecule has 31 heavy (non-hydrogen) atoms. The second-order valence-corrected chi connectivity index (χ2v) is 8.48. The number of benzene rings is 2. The average molecular weight is 412 g/mol. The van der Waals surface area contributed by atoms with Crippen molar-refractivity contribution in [3.63, 3.8) is 0 Å². The molecule has 0 spiro atoms. The molecule has 1 aliphatic heterocycles. The van der Waals surface area contributed by atoms with Crippen LogP contribution in [0.3, 0.4) is 0 Å². The lowest BCUT2D eigenvalue weighted by Crippen LogP contribution is -2.20. The van der Waals surface area contributed by atoms with E-state index >= 15 is 0 Å². The van der Waals surface area contributed by atoms with Crippen LogP contribution in [-0.2, 0) is 12.8 Å². The minimum Gasteiger partial charge on any atom is -0.399 e. The van der Waals surface area contributed by atoms with E-state index in [2.05, 4.69) is 35.2 Å². The summed E-state index contributed by atoms with van der Waals surface area (Å²) < 4.78 is 1.92. The topological polar surface area (TPSA) is 59.5 Å². The van der Waals surface area contributed by atoms with Crippen LogP contribution in [0.5, 0.6) is 0 Å². The highest BCUT2D eigenvalue weighted by Gasteiger charge is 2.11. The summed E-state index contributed by atoms with van der Waals surface area (Å²) in [4.78, 5) is 7.33. The van der Waals surface area contributed by atoms with Crippen LogP contribution in [-0.4, -0.2) is 39.1 Å². The second kappa shape index (κ2) is 8.90. The molecule has 0 aliphatic carbocycles. The van der Waals surface area contributed by atoms with Gasteiger partial charge >= 0.3 is 0 Å². The van der Waals surface area contributed by atoms with Crippen molar-refractivity contribution < 1.29 is 0 Å². The van der Waals surface area contributed by atoms with Gasteiger partial charge in [-0.1, -0.05) is 42.5 Å². The Morgan fingerprint density at radius 1 is 0.839 bits per heavy atom. The zero-order valence-corrected chi connectivity index (χ0v) is 17.9. The fourth-order valence-corrected chi connectivity index (χ4v) is 4.42. The molecule has 1 fully saturated rings. The van der Waals surface area contributed by atoms with E-state index in [-0.39, 0.29) is 0 Å². The summed E-state index contributed by atoms with van der Waals surface area (Å²) in [5.74, 6) is 0.838. The molecule has 0 atom stereocenters. The number of aryl methyl sites for hydroxylation is 1. The number of nitrogens with zero attached hydrogens (tertiary/aromatic N) is 4. The normalized spacial score (nSPS) is 14.5. The van der Waals surface area contributed by atoms with Crippen LogP contribution in [0, 0.1) is 0 Å². The molecule has 0 saturated carbocycles. The molecule has 5 heteroatoms. The number of fused-ring (bicyclic) bond motifs is 1. The minimum atomic E-state index is 0.733. The molecule has 0 bridgehead atoms. The first-order valence-electron chi connectivity index (χ1n) is 11.3. The van der Waals surface area contributed by atoms with Gasteiger partial charge in [0.1, 0.15) is 0 Å². The van der Waals surface area contributed by atoms with Crippen LogP contribution in [0.15, 0.2) is 66.7 Å². The molecule has 1 saturated heterocycles. The van der Waals surface area contributed by atoms with Crippen molar-refractivity contribution in [2.75, 3.05) is 25.4 Å². The third-order valence-electron chi connectivity index (χ3n) is 6.13. The number of hydrogen-bond acceptors (Lipinski definition) is 4. The predicted octanol–water partition coefficient (Wildman–Crippen LogP) is 4.60. The minimum absolute atomic E-state index is 0.733.